The Kier molecular flexibility index (Phi) is 5.97. The summed E-state index contributed by atoms with van der Waals surface area (Å²) in [6.07, 6.45) is 12.7. The summed E-state index contributed by atoms with van der Waals surface area (Å²) in [5.41, 5.74) is 0. The first-order chi connectivity index (χ1) is 8.79. The second kappa shape index (κ2) is 7.49. The summed E-state index contributed by atoms with van der Waals surface area (Å²) in [5, 5.41) is 3.90. The van der Waals surface area contributed by atoms with E-state index in [9.17, 15) is 0 Å². The average molecular weight is 253 g/mol. The molecule has 18 heavy (non-hydrogen) atoms. The number of rotatable bonds is 5. The summed E-state index contributed by atoms with van der Waals surface area (Å²) in [6.45, 7) is 5.62. The van der Waals surface area contributed by atoms with Gasteiger partial charge in [0.1, 0.15) is 0 Å². The molecule has 1 heterocycles. The molecule has 0 bridgehead atoms. The molecule has 106 valence electrons. The maximum Gasteiger partial charge on any atom is 0.0589 e. The Morgan fingerprint density at radius 2 is 1.94 bits per heavy atom. The minimum atomic E-state index is 0.514. The molecule has 1 N–H and O–H groups in total. The lowest BCUT2D eigenvalue weighted by atomic mass is 9.84. The van der Waals surface area contributed by atoms with Crippen molar-refractivity contribution in [1.29, 1.82) is 0 Å². The van der Waals surface area contributed by atoms with Gasteiger partial charge in [0.05, 0.1) is 6.10 Å². The highest BCUT2D eigenvalue weighted by Crippen LogP contribution is 2.27. The van der Waals surface area contributed by atoms with Crippen molar-refractivity contribution < 1.29 is 4.74 Å². The fourth-order valence-corrected chi connectivity index (χ4v) is 3.70. The molecule has 2 rings (SSSR count). The van der Waals surface area contributed by atoms with Gasteiger partial charge >= 0.3 is 0 Å². The highest BCUT2D eigenvalue weighted by molar-refractivity contribution is 4.83. The maximum atomic E-state index is 5.84. The summed E-state index contributed by atoms with van der Waals surface area (Å²) in [7, 11) is 0. The number of hydrogen-bond donors (Lipinski definition) is 1. The third-order valence-corrected chi connectivity index (χ3v) is 4.83. The van der Waals surface area contributed by atoms with Crippen LogP contribution in [0.5, 0.6) is 0 Å². The second-order valence-corrected chi connectivity index (χ2v) is 6.36. The van der Waals surface area contributed by atoms with Crippen LogP contribution in [0.2, 0.25) is 0 Å². The van der Waals surface area contributed by atoms with Crippen molar-refractivity contribution in [3.8, 4) is 0 Å². The molecule has 0 aromatic heterocycles. The summed E-state index contributed by atoms with van der Waals surface area (Å²) in [4.78, 5) is 0. The van der Waals surface area contributed by atoms with Gasteiger partial charge in [0.25, 0.3) is 0 Å². The van der Waals surface area contributed by atoms with E-state index in [0.717, 1.165) is 12.5 Å². The van der Waals surface area contributed by atoms with E-state index in [4.69, 9.17) is 4.74 Å². The molecular weight excluding hydrogens is 222 g/mol. The van der Waals surface area contributed by atoms with Gasteiger partial charge in [0.2, 0.25) is 0 Å². The molecule has 2 aliphatic rings. The first-order valence-corrected chi connectivity index (χ1v) is 8.17. The van der Waals surface area contributed by atoms with Crippen molar-refractivity contribution in [2.24, 2.45) is 5.92 Å². The Morgan fingerprint density at radius 1 is 1.17 bits per heavy atom. The minimum absolute atomic E-state index is 0.514. The molecule has 2 nitrogen and oxygen atoms in total. The van der Waals surface area contributed by atoms with Crippen LogP contribution < -0.4 is 5.32 Å². The molecule has 2 fully saturated rings. The molecule has 0 radical (unpaired) electrons. The lowest BCUT2D eigenvalue weighted by molar-refractivity contribution is -0.00628. The first kappa shape index (κ1) is 14.3. The van der Waals surface area contributed by atoms with E-state index >= 15 is 0 Å². The molecule has 1 saturated heterocycles. The summed E-state index contributed by atoms with van der Waals surface area (Å²) in [5.74, 6) is 0.922. The standard InChI is InChI=1S/C16H31NO/c1-3-7-16-12-15(10-11-18-16)17-13(2)14-8-5-4-6-9-14/h13-17H,3-12H2,1-2H3/t13-,15?,16?/m0/s1. The normalized spacial score (nSPS) is 32.3. The highest BCUT2D eigenvalue weighted by atomic mass is 16.5. The number of ether oxygens (including phenoxy) is 1. The van der Waals surface area contributed by atoms with E-state index in [1.54, 1.807) is 0 Å². The Balaban J connectivity index is 1.73. The van der Waals surface area contributed by atoms with Crippen LogP contribution in [0, 0.1) is 5.92 Å². The van der Waals surface area contributed by atoms with Crippen LogP contribution in [0.3, 0.4) is 0 Å². The highest BCUT2D eigenvalue weighted by Gasteiger charge is 2.26. The van der Waals surface area contributed by atoms with Gasteiger partial charge in [-0.1, -0.05) is 32.6 Å². The zero-order valence-corrected chi connectivity index (χ0v) is 12.3. The minimum Gasteiger partial charge on any atom is -0.378 e. The quantitative estimate of drug-likeness (QED) is 0.802. The van der Waals surface area contributed by atoms with Gasteiger partial charge in [-0.3, -0.25) is 0 Å². The summed E-state index contributed by atoms with van der Waals surface area (Å²) >= 11 is 0. The molecule has 0 spiro atoms. The Morgan fingerprint density at radius 3 is 2.67 bits per heavy atom. The van der Waals surface area contributed by atoms with Crippen LogP contribution >= 0.6 is 0 Å². The van der Waals surface area contributed by atoms with Crippen molar-refractivity contribution in [2.75, 3.05) is 6.61 Å². The molecule has 1 aliphatic carbocycles. The van der Waals surface area contributed by atoms with Crippen LogP contribution in [0.15, 0.2) is 0 Å². The molecule has 2 unspecified atom stereocenters. The number of nitrogens with one attached hydrogen (secondary N) is 1. The van der Waals surface area contributed by atoms with E-state index < -0.39 is 0 Å². The lowest BCUT2D eigenvalue weighted by Gasteiger charge is -2.35. The van der Waals surface area contributed by atoms with Gasteiger partial charge in [0, 0.05) is 18.7 Å². The lowest BCUT2D eigenvalue weighted by Crippen LogP contribution is -2.46. The maximum absolute atomic E-state index is 5.84. The largest absolute Gasteiger partial charge is 0.378 e. The third kappa shape index (κ3) is 4.24. The molecular formula is C16H31NO. The van der Waals surface area contributed by atoms with E-state index in [1.807, 2.05) is 0 Å². The van der Waals surface area contributed by atoms with Crippen LogP contribution in [0.25, 0.3) is 0 Å². The van der Waals surface area contributed by atoms with Gasteiger partial charge in [-0.25, -0.2) is 0 Å². The average Bonchev–Trinajstić information content (AvgIpc) is 2.40. The van der Waals surface area contributed by atoms with E-state index in [0.29, 0.717) is 18.2 Å². The molecule has 1 saturated carbocycles. The predicted octanol–water partition coefficient (Wildman–Crippen LogP) is 3.89. The molecule has 1 aliphatic heterocycles. The van der Waals surface area contributed by atoms with Gasteiger partial charge < -0.3 is 10.1 Å². The van der Waals surface area contributed by atoms with Gasteiger partial charge in [-0.2, -0.15) is 0 Å². The van der Waals surface area contributed by atoms with Crippen LogP contribution in [0.4, 0.5) is 0 Å². The van der Waals surface area contributed by atoms with Crippen LogP contribution in [-0.4, -0.2) is 24.8 Å². The van der Waals surface area contributed by atoms with Crippen LogP contribution in [0.1, 0.15) is 71.6 Å². The fraction of sp³-hybridized carbons (Fsp3) is 1.00. The van der Waals surface area contributed by atoms with Crippen molar-refractivity contribution in [2.45, 2.75) is 89.8 Å². The topological polar surface area (TPSA) is 21.3 Å². The SMILES string of the molecule is CCCC1CC(N[C@@H](C)C2CCCCC2)CCO1. The monoisotopic (exact) mass is 253 g/mol. The van der Waals surface area contributed by atoms with Crippen LogP contribution in [-0.2, 0) is 4.74 Å². The Hall–Kier alpha value is -0.0800. The first-order valence-electron chi connectivity index (χ1n) is 8.17. The predicted molar refractivity (Wildman–Crippen MR) is 76.8 cm³/mol. The van der Waals surface area contributed by atoms with E-state index in [2.05, 4.69) is 19.2 Å². The zero-order valence-electron chi connectivity index (χ0n) is 12.3. The van der Waals surface area contributed by atoms with Crippen molar-refractivity contribution >= 4 is 0 Å². The van der Waals surface area contributed by atoms with Gasteiger partial charge in [-0.15, -0.1) is 0 Å². The van der Waals surface area contributed by atoms with Crippen molar-refractivity contribution in [3.63, 3.8) is 0 Å². The summed E-state index contributed by atoms with van der Waals surface area (Å²) in [6, 6.07) is 1.41. The smallest absolute Gasteiger partial charge is 0.0589 e. The summed E-state index contributed by atoms with van der Waals surface area (Å²) < 4.78 is 5.84. The van der Waals surface area contributed by atoms with E-state index in [-0.39, 0.29) is 0 Å². The van der Waals surface area contributed by atoms with Crippen molar-refractivity contribution in [1.82, 2.24) is 5.32 Å². The fourth-order valence-electron chi connectivity index (χ4n) is 3.70. The zero-order chi connectivity index (χ0) is 12.8. The molecule has 0 amide bonds. The molecule has 0 aromatic rings. The molecule has 0 aromatic carbocycles. The van der Waals surface area contributed by atoms with E-state index in [1.165, 1.54) is 57.8 Å². The van der Waals surface area contributed by atoms with Gasteiger partial charge in [-0.05, 0) is 44.9 Å². The molecule has 2 heteroatoms. The van der Waals surface area contributed by atoms with Gasteiger partial charge in [0.15, 0.2) is 0 Å². The second-order valence-electron chi connectivity index (χ2n) is 6.36. The number of hydrogen-bond acceptors (Lipinski definition) is 2. The Labute approximate surface area is 113 Å². The molecule has 3 atom stereocenters. The Bertz CT molecular complexity index is 223. The third-order valence-electron chi connectivity index (χ3n) is 4.83. The van der Waals surface area contributed by atoms with Crippen molar-refractivity contribution in [3.05, 3.63) is 0 Å².